The van der Waals surface area contributed by atoms with Gasteiger partial charge in [-0.1, -0.05) is 13.0 Å². The molecule has 21 heavy (non-hydrogen) atoms. The van der Waals surface area contributed by atoms with Gasteiger partial charge in [0.25, 0.3) is 0 Å². The highest BCUT2D eigenvalue weighted by atomic mass is 32.2. The van der Waals surface area contributed by atoms with Crippen LogP contribution in [0.3, 0.4) is 0 Å². The smallest absolute Gasteiger partial charge is 0.308 e. The number of nitrogens with zero attached hydrogens (tertiary/aromatic N) is 1. The Kier molecular flexibility index (Phi) is 4.29. The van der Waals surface area contributed by atoms with Crippen LogP contribution in [-0.4, -0.2) is 36.4 Å². The van der Waals surface area contributed by atoms with E-state index in [4.69, 9.17) is 5.11 Å². The first-order valence-corrected chi connectivity index (χ1v) is 7.93. The summed E-state index contributed by atoms with van der Waals surface area (Å²) in [6.45, 7) is 1.64. The van der Waals surface area contributed by atoms with Gasteiger partial charge < -0.3 is 5.11 Å². The molecule has 0 saturated carbocycles. The summed E-state index contributed by atoms with van der Waals surface area (Å²) in [4.78, 5) is 10.4. The van der Waals surface area contributed by atoms with E-state index in [2.05, 4.69) is 0 Å². The Morgan fingerprint density at radius 3 is 2.67 bits per heavy atom. The van der Waals surface area contributed by atoms with Gasteiger partial charge in [0.1, 0.15) is 4.90 Å². The summed E-state index contributed by atoms with van der Waals surface area (Å²) in [5.74, 6) is -4.61. The van der Waals surface area contributed by atoms with E-state index >= 15 is 0 Å². The fourth-order valence-corrected chi connectivity index (χ4v) is 4.53. The molecule has 2 atom stereocenters. The molecule has 1 N–H and O–H groups in total. The maximum Gasteiger partial charge on any atom is 0.308 e. The van der Waals surface area contributed by atoms with Crippen molar-refractivity contribution in [2.24, 2.45) is 5.92 Å². The molecule has 1 aliphatic heterocycles. The van der Waals surface area contributed by atoms with E-state index in [1.165, 1.54) is 0 Å². The highest BCUT2D eigenvalue weighted by Crippen LogP contribution is 2.33. The number of halogens is 2. The van der Waals surface area contributed by atoms with Gasteiger partial charge in [-0.05, 0) is 25.0 Å². The van der Waals surface area contributed by atoms with Crippen molar-refractivity contribution in [3.63, 3.8) is 0 Å². The van der Waals surface area contributed by atoms with Crippen LogP contribution in [0.4, 0.5) is 8.78 Å². The number of rotatable bonds is 4. The minimum absolute atomic E-state index is 0.0201. The summed E-state index contributed by atoms with van der Waals surface area (Å²) in [5.41, 5.74) is 0. The molecule has 1 fully saturated rings. The molecule has 5 nitrogen and oxygen atoms in total. The number of aliphatic carboxylic acids is 1. The van der Waals surface area contributed by atoms with E-state index in [0.29, 0.717) is 0 Å². The van der Waals surface area contributed by atoms with Gasteiger partial charge in [-0.25, -0.2) is 17.2 Å². The van der Waals surface area contributed by atoms with Gasteiger partial charge in [-0.15, -0.1) is 0 Å². The molecule has 2 rings (SSSR count). The molecule has 1 saturated heterocycles. The van der Waals surface area contributed by atoms with Crippen molar-refractivity contribution in [3.05, 3.63) is 29.8 Å². The maximum absolute atomic E-state index is 13.7. The van der Waals surface area contributed by atoms with E-state index in [0.717, 1.165) is 22.5 Å². The molecule has 0 aliphatic carbocycles. The zero-order valence-electron chi connectivity index (χ0n) is 11.3. The number of hydrogen-bond donors (Lipinski definition) is 1. The lowest BCUT2D eigenvalue weighted by molar-refractivity contribution is -0.142. The minimum atomic E-state index is -4.26. The Hall–Kier alpha value is -1.54. The molecule has 0 radical (unpaired) electrons. The van der Waals surface area contributed by atoms with Crippen LogP contribution < -0.4 is 0 Å². The normalized spacial score (nSPS) is 23.4. The van der Waals surface area contributed by atoms with Gasteiger partial charge in [0.2, 0.25) is 10.0 Å². The number of carboxylic acid groups (broad SMARTS) is 1. The van der Waals surface area contributed by atoms with Crippen LogP contribution in [0.25, 0.3) is 0 Å². The number of sulfonamides is 1. The Labute approximate surface area is 121 Å². The standard InChI is InChI=1S/C13H15F2NO4S/c1-2-10-8(13(17)18)6-7-16(10)21(19,20)11-5-3-4-9(14)12(11)15/h3-5,8,10H,2,6-7H2,1H3,(H,17,18). The molecule has 0 spiro atoms. The second kappa shape index (κ2) is 5.69. The summed E-state index contributed by atoms with van der Waals surface area (Å²) in [5, 5.41) is 9.11. The summed E-state index contributed by atoms with van der Waals surface area (Å²) >= 11 is 0. The average molecular weight is 319 g/mol. The molecule has 1 aromatic carbocycles. The number of hydrogen-bond acceptors (Lipinski definition) is 3. The van der Waals surface area contributed by atoms with Gasteiger partial charge in [0.15, 0.2) is 11.6 Å². The Morgan fingerprint density at radius 1 is 1.43 bits per heavy atom. The summed E-state index contributed by atoms with van der Waals surface area (Å²) < 4.78 is 52.9. The lowest BCUT2D eigenvalue weighted by atomic mass is 9.99. The number of carbonyl (C=O) groups is 1. The van der Waals surface area contributed by atoms with Gasteiger partial charge >= 0.3 is 5.97 Å². The van der Waals surface area contributed by atoms with Crippen molar-refractivity contribution >= 4 is 16.0 Å². The van der Waals surface area contributed by atoms with Crippen LogP contribution in [-0.2, 0) is 14.8 Å². The predicted octanol–water partition coefficient (Wildman–Crippen LogP) is 1.84. The first-order chi connectivity index (χ1) is 9.80. The first-order valence-electron chi connectivity index (χ1n) is 6.49. The highest BCUT2D eigenvalue weighted by molar-refractivity contribution is 7.89. The van der Waals surface area contributed by atoms with Crippen molar-refractivity contribution in [1.82, 2.24) is 4.31 Å². The molecular formula is C13H15F2NO4S. The van der Waals surface area contributed by atoms with Gasteiger partial charge in [0, 0.05) is 12.6 Å². The predicted molar refractivity (Wildman–Crippen MR) is 70.1 cm³/mol. The minimum Gasteiger partial charge on any atom is -0.481 e. The molecule has 2 unspecified atom stereocenters. The highest BCUT2D eigenvalue weighted by Gasteiger charge is 2.44. The number of benzene rings is 1. The molecule has 0 amide bonds. The molecular weight excluding hydrogens is 304 g/mol. The third kappa shape index (κ3) is 2.65. The zero-order chi connectivity index (χ0) is 15.8. The van der Waals surface area contributed by atoms with Crippen molar-refractivity contribution in [3.8, 4) is 0 Å². The van der Waals surface area contributed by atoms with Crippen LogP contribution in [0.2, 0.25) is 0 Å². The molecule has 1 heterocycles. The average Bonchev–Trinajstić information content (AvgIpc) is 2.86. The SMILES string of the molecule is CCC1C(C(=O)O)CCN1S(=O)(=O)c1cccc(F)c1F. The quantitative estimate of drug-likeness (QED) is 0.919. The Morgan fingerprint density at radius 2 is 2.10 bits per heavy atom. The third-order valence-corrected chi connectivity index (χ3v) is 5.68. The van der Waals surface area contributed by atoms with Gasteiger partial charge in [-0.3, -0.25) is 4.79 Å². The molecule has 8 heteroatoms. The fourth-order valence-electron chi connectivity index (χ4n) is 2.71. The van der Waals surface area contributed by atoms with E-state index < -0.39 is 44.5 Å². The number of carboxylic acids is 1. The lowest BCUT2D eigenvalue weighted by Gasteiger charge is -2.25. The van der Waals surface area contributed by atoms with E-state index in [-0.39, 0.29) is 19.4 Å². The van der Waals surface area contributed by atoms with E-state index in [9.17, 15) is 22.0 Å². The first kappa shape index (κ1) is 15.8. The third-order valence-electron chi connectivity index (χ3n) is 3.73. The van der Waals surface area contributed by atoms with Gasteiger partial charge in [0.05, 0.1) is 5.92 Å². The lowest BCUT2D eigenvalue weighted by Crippen LogP contribution is -2.39. The van der Waals surface area contributed by atoms with Gasteiger partial charge in [-0.2, -0.15) is 4.31 Å². The van der Waals surface area contributed by atoms with E-state index in [1.807, 2.05) is 0 Å². The molecule has 0 aromatic heterocycles. The molecule has 0 bridgehead atoms. The monoisotopic (exact) mass is 319 g/mol. The summed E-state index contributed by atoms with van der Waals surface area (Å²) in [7, 11) is -4.26. The van der Waals surface area contributed by atoms with Crippen LogP contribution in [0.5, 0.6) is 0 Å². The molecule has 1 aromatic rings. The zero-order valence-corrected chi connectivity index (χ0v) is 12.1. The maximum atomic E-state index is 13.7. The Bertz CT molecular complexity index is 662. The van der Waals surface area contributed by atoms with Crippen molar-refractivity contribution in [2.45, 2.75) is 30.7 Å². The topological polar surface area (TPSA) is 74.7 Å². The summed E-state index contributed by atoms with van der Waals surface area (Å²) in [6.07, 6.45) is 0.442. The molecule has 1 aliphatic rings. The molecule has 116 valence electrons. The van der Waals surface area contributed by atoms with Crippen LogP contribution in [0.15, 0.2) is 23.1 Å². The fraction of sp³-hybridized carbons (Fsp3) is 0.462. The van der Waals surface area contributed by atoms with Crippen LogP contribution in [0, 0.1) is 17.6 Å². The van der Waals surface area contributed by atoms with Crippen molar-refractivity contribution in [1.29, 1.82) is 0 Å². The van der Waals surface area contributed by atoms with Crippen LogP contribution in [0.1, 0.15) is 19.8 Å². The summed E-state index contributed by atoms with van der Waals surface area (Å²) in [6, 6.07) is 2.16. The van der Waals surface area contributed by atoms with Crippen molar-refractivity contribution in [2.75, 3.05) is 6.54 Å². The Balaban J connectivity index is 2.45. The largest absolute Gasteiger partial charge is 0.481 e. The second-order valence-electron chi connectivity index (χ2n) is 4.88. The van der Waals surface area contributed by atoms with Crippen molar-refractivity contribution < 1.29 is 27.1 Å². The second-order valence-corrected chi connectivity index (χ2v) is 6.74. The van der Waals surface area contributed by atoms with E-state index in [1.54, 1.807) is 6.92 Å². The van der Waals surface area contributed by atoms with Crippen LogP contribution >= 0.6 is 0 Å².